The minimum atomic E-state index is -0.583. The lowest BCUT2D eigenvalue weighted by Gasteiger charge is -2.41. The average Bonchev–Trinajstić information content (AvgIpc) is 3.27. The first kappa shape index (κ1) is 20.6. The second-order valence-electron chi connectivity index (χ2n) is 7.37. The van der Waals surface area contributed by atoms with Crippen LogP contribution in [-0.2, 0) is 20.7 Å². The number of carbonyl (C=O) groups excluding carboxylic acids is 2. The van der Waals surface area contributed by atoms with Gasteiger partial charge in [0.05, 0.1) is 18.4 Å². The van der Waals surface area contributed by atoms with Crippen LogP contribution in [0.5, 0.6) is 0 Å². The third-order valence-electron chi connectivity index (χ3n) is 5.46. The number of hydrogen-bond donors (Lipinski definition) is 1. The number of thiophene rings is 1. The summed E-state index contributed by atoms with van der Waals surface area (Å²) in [6.07, 6.45) is 2.61. The van der Waals surface area contributed by atoms with Crippen molar-refractivity contribution >= 4 is 23.2 Å². The molecule has 6 heteroatoms. The third-order valence-corrected chi connectivity index (χ3v) is 6.38. The maximum absolute atomic E-state index is 12.9. The second kappa shape index (κ2) is 9.34. The zero-order valence-electron chi connectivity index (χ0n) is 16.6. The fourth-order valence-electron chi connectivity index (χ4n) is 3.99. The summed E-state index contributed by atoms with van der Waals surface area (Å²) in [5.41, 5.74) is 1.73. The van der Waals surface area contributed by atoms with E-state index in [1.807, 2.05) is 11.0 Å². The molecular formula is C22H28N2O3S. The van der Waals surface area contributed by atoms with E-state index in [4.69, 9.17) is 4.74 Å². The number of benzene rings is 1. The number of methoxy groups -OCH3 is 1. The SMILES string of the molecule is CNC(=O)[C@]1(Cc2ccc(-c3cccs3)cc2)CCCN(C(=O)CCOC)C1. The molecule has 2 aromatic rings. The molecule has 2 heterocycles. The van der Waals surface area contributed by atoms with Gasteiger partial charge in [-0.1, -0.05) is 30.3 Å². The van der Waals surface area contributed by atoms with Crippen molar-refractivity contribution in [3.63, 3.8) is 0 Å². The summed E-state index contributed by atoms with van der Waals surface area (Å²) in [7, 11) is 3.27. The summed E-state index contributed by atoms with van der Waals surface area (Å²) in [5.74, 6) is 0.0712. The molecule has 1 aromatic heterocycles. The van der Waals surface area contributed by atoms with Gasteiger partial charge in [-0.3, -0.25) is 9.59 Å². The van der Waals surface area contributed by atoms with Gasteiger partial charge < -0.3 is 15.0 Å². The molecule has 150 valence electrons. The Bertz CT molecular complexity index is 789. The summed E-state index contributed by atoms with van der Waals surface area (Å²) in [4.78, 5) is 28.4. The molecule has 1 saturated heterocycles. The van der Waals surface area contributed by atoms with E-state index in [1.165, 1.54) is 10.4 Å². The van der Waals surface area contributed by atoms with Crippen LogP contribution in [0.2, 0.25) is 0 Å². The van der Waals surface area contributed by atoms with E-state index in [2.05, 4.69) is 41.0 Å². The smallest absolute Gasteiger partial charge is 0.228 e. The molecule has 0 unspecified atom stereocenters. The molecule has 2 amide bonds. The van der Waals surface area contributed by atoms with E-state index in [9.17, 15) is 9.59 Å². The van der Waals surface area contributed by atoms with Gasteiger partial charge in [-0.15, -0.1) is 11.3 Å². The first-order chi connectivity index (χ1) is 13.6. The van der Waals surface area contributed by atoms with Crippen LogP contribution in [-0.4, -0.2) is 50.6 Å². The normalized spacial score (nSPS) is 19.4. The van der Waals surface area contributed by atoms with Crippen LogP contribution in [0, 0.1) is 5.41 Å². The summed E-state index contributed by atoms with van der Waals surface area (Å²) in [5, 5.41) is 4.90. The van der Waals surface area contributed by atoms with Crippen LogP contribution in [0.4, 0.5) is 0 Å². The van der Waals surface area contributed by atoms with Gasteiger partial charge >= 0.3 is 0 Å². The summed E-state index contributed by atoms with van der Waals surface area (Å²) < 4.78 is 5.04. The van der Waals surface area contributed by atoms with Gasteiger partial charge in [-0.2, -0.15) is 0 Å². The minimum Gasteiger partial charge on any atom is -0.384 e. The number of nitrogens with zero attached hydrogens (tertiary/aromatic N) is 1. The monoisotopic (exact) mass is 400 g/mol. The molecule has 0 bridgehead atoms. The van der Waals surface area contributed by atoms with E-state index < -0.39 is 5.41 Å². The number of hydrogen-bond acceptors (Lipinski definition) is 4. The van der Waals surface area contributed by atoms with Crippen molar-refractivity contribution in [3.8, 4) is 10.4 Å². The van der Waals surface area contributed by atoms with Crippen LogP contribution < -0.4 is 5.32 Å². The van der Waals surface area contributed by atoms with Gasteiger partial charge in [0.15, 0.2) is 0 Å². The maximum atomic E-state index is 12.9. The lowest BCUT2D eigenvalue weighted by Crippen LogP contribution is -2.54. The molecule has 0 aliphatic carbocycles. The molecule has 0 saturated carbocycles. The molecule has 1 atom stereocenters. The molecule has 1 fully saturated rings. The minimum absolute atomic E-state index is 0.0130. The maximum Gasteiger partial charge on any atom is 0.228 e. The van der Waals surface area contributed by atoms with Gasteiger partial charge in [0.2, 0.25) is 11.8 Å². The first-order valence-corrected chi connectivity index (χ1v) is 10.6. The molecule has 0 radical (unpaired) electrons. The number of piperidine rings is 1. The highest BCUT2D eigenvalue weighted by Crippen LogP contribution is 2.35. The Morgan fingerprint density at radius 1 is 1.25 bits per heavy atom. The Hall–Kier alpha value is -2.18. The highest BCUT2D eigenvalue weighted by atomic mass is 32.1. The Morgan fingerprint density at radius 3 is 2.68 bits per heavy atom. The van der Waals surface area contributed by atoms with E-state index in [0.717, 1.165) is 18.4 Å². The molecule has 5 nitrogen and oxygen atoms in total. The predicted molar refractivity (Wildman–Crippen MR) is 112 cm³/mol. The van der Waals surface area contributed by atoms with Crippen molar-refractivity contribution in [2.24, 2.45) is 5.41 Å². The highest BCUT2D eigenvalue weighted by Gasteiger charge is 2.42. The summed E-state index contributed by atoms with van der Waals surface area (Å²) in [6.45, 7) is 1.58. The van der Waals surface area contributed by atoms with E-state index >= 15 is 0 Å². The molecule has 1 aromatic carbocycles. The summed E-state index contributed by atoms with van der Waals surface area (Å²) in [6, 6.07) is 12.6. The fourth-order valence-corrected chi connectivity index (χ4v) is 4.72. The van der Waals surface area contributed by atoms with Gasteiger partial charge in [0, 0.05) is 32.1 Å². The van der Waals surface area contributed by atoms with Crippen molar-refractivity contribution in [1.29, 1.82) is 0 Å². The van der Waals surface area contributed by atoms with Gasteiger partial charge in [0.25, 0.3) is 0 Å². The Balaban J connectivity index is 1.77. The number of rotatable bonds is 7. The van der Waals surface area contributed by atoms with Crippen LogP contribution in [0.1, 0.15) is 24.8 Å². The molecule has 1 aliphatic rings. The molecular weight excluding hydrogens is 372 g/mol. The number of nitrogens with one attached hydrogen (secondary N) is 1. The quantitative estimate of drug-likeness (QED) is 0.775. The number of amides is 2. The molecule has 1 aliphatic heterocycles. The number of carbonyl (C=O) groups is 2. The molecule has 28 heavy (non-hydrogen) atoms. The average molecular weight is 401 g/mol. The predicted octanol–water partition coefficient (Wildman–Crippen LogP) is 3.35. The van der Waals surface area contributed by atoms with Gasteiger partial charge in [0.1, 0.15) is 0 Å². The Morgan fingerprint density at radius 2 is 2.04 bits per heavy atom. The lowest BCUT2D eigenvalue weighted by molar-refractivity contribution is -0.141. The van der Waals surface area contributed by atoms with E-state index in [-0.39, 0.29) is 11.8 Å². The number of ether oxygens (including phenoxy) is 1. The van der Waals surface area contributed by atoms with Crippen molar-refractivity contribution in [2.45, 2.75) is 25.7 Å². The second-order valence-corrected chi connectivity index (χ2v) is 8.32. The van der Waals surface area contributed by atoms with Gasteiger partial charge in [-0.25, -0.2) is 0 Å². The van der Waals surface area contributed by atoms with E-state index in [0.29, 0.717) is 32.5 Å². The van der Waals surface area contributed by atoms with Crippen LogP contribution in [0.3, 0.4) is 0 Å². The molecule has 3 rings (SSSR count). The van der Waals surface area contributed by atoms with Crippen LogP contribution >= 0.6 is 11.3 Å². The lowest BCUT2D eigenvalue weighted by atomic mass is 9.74. The standard InChI is InChI=1S/C22H28N2O3S/c1-23-21(26)22(11-4-12-24(16-22)20(25)10-13-27-2)15-17-6-8-18(9-7-17)19-5-3-14-28-19/h3,5-9,14H,4,10-13,15-16H2,1-2H3,(H,23,26)/t22-/m0/s1. The zero-order chi connectivity index (χ0) is 20.0. The molecule has 0 spiro atoms. The third kappa shape index (κ3) is 4.62. The van der Waals surface area contributed by atoms with Crippen molar-refractivity contribution in [1.82, 2.24) is 10.2 Å². The topological polar surface area (TPSA) is 58.6 Å². The van der Waals surface area contributed by atoms with Crippen LogP contribution in [0.25, 0.3) is 10.4 Å². The van der Waals surface area contributed by atoms with Gasteiger partial charge in [-0.05, 0) is 41.8 Å². The van der Waals surface area contributed by atoms with Crippen molar-refractivity contribution in [3.05, 3.63) is 47.3 Å². The molecule has 1 N–H and O–H groups in total. The zero-order valence-corrected chi connectivity index (χ0v) is 17.4. The highest BCUT2D eigenvalue weighted by molar-refractivity contribution is 7.13. The van der Waals surface area contributed by atoms with E-state index in [1.54, 1.807) is 25.5 Å². The first-order valence-electron chi connectivity index (χ1n) is 9.70. The van der Waals surface area contributed by atoms with Crippen molar-refractivity contribution in [2.75, 3.05) is 33.9 Å². The Labute approximate surface area is 170 Å². The van der Waals surface area contributed by atoms with Crippen molar-refractivity contribution < 1.29 is 14.3 Å². The summed E-state index contributed by atoms with van der Waals surface area (Å²) >= 11 is 1.72. The fraction of sp³-hybridized carbons (Fsp3) is 0.455. The largest absolute Gasteiger partial charge is 0.384 e. The number of likely N-dealkylation sites (tertiary alicyclic amines) is 1. The Kier molecular flexibility index (Phi) is 6.86. The van der Waals surface area contributed by atoms with Crippen LogP contribution in [0.15, 0.2) is 41.8 Å².